The maximum absolute atomic E-state index is 13.0. The van der Waals surface area contributed by atoms with Crippen molar-refractivity contribution in [3.63, 3.8) is 0 Å². The average Bonchev–Trinajstić information content (AvgIpc) is 3.50. The van der Waals surface area contributed by atoms with E-state index in [0.717, 1.165) is 28.5 Å². The number of thiocarbonyl (C=S) groups is 1. The molecule has 5 rings (SSSR count). The smallest absolute Gasteiger partial charge is 0.244 e. The quantitative estimate of drug-likeness (QED) is 0.378. The molecular weight excluding hydrogens is 458 g/mol. The van der Waals surface area contributed by atoms with Crippen molar-refractivity contribution >= 4 is 28.9 Å². The zero-order valence-corrected chi connectivity index (χ0v) is 20.0. The van der Waals surface area contributed by atoms with Crippen LogP contribution in [0.1, 0.15) is 23.5 Å². The van der Waals surface area contributed by atoms with Crippen molar-refractivity contribution < 1.29 is 9.53 Å². The fraction of sp³-hybridized carbons (Fsp3) is 0.148. The van der Waals surface area contributed by atoms with Crippen molar-refractivity contribution in [2.75, 3.05) is 19.0 Å². The molecule has 8 heteroatoms. The number of pyridine rings is 1. The molecule has 176 valence electrons. The molecule has 4 aromatic rings. The highest BCUT2D eigenvalue weighted by molar-refractivity contribution is 7.80. The molecule has 0 spiro atoms. The Kier molecular flexibility index (Phi) is 6.45. The topological polar surface area (TPSA) is 71.4 Å². The van der Waals surface area contributed by atoms with Crippen LogP contribution in [0.15, 0.2) is 97.3 Å². The van der Waals surface area contributed by atoms with E-state index in [1.807, 2.05) is 90.0 Å². The van der Waals surface area contributed by atoms with Gasteiger partial charge >= 0.3 is 0 Å². The molecular formula is C27H25N5O2S. The highest BCUT2D eigenvalue weighted by Crippen LogP contribution is 2.39. The van der Waals surface area contributed by atoms with Crippen LogP contribution in [0.4, 0.5) is 5.69 Å². The lowest BCUT2D eigenvalue weighted by molar-refractivity contribution is -0.116. The monoisotopic (exact) mass is 483 g/mol. The van der Waals surface area contributed by atoms with Crippen LogP contribution in [0.3, 0.4) is 0 Å². The zero-order valence-electron chi connectivity index (χ0n) is 19.2. The summed E-state index contributed by atoms with van der Waals surface area (Å²) in [4.78, 5) is 19.5. The van der Waals surface area contributed by atoms with E-state index in [1.54, 1.807) is 13.3 Å². The zero-order chi connectivity index (χ0) is 24.2. The van der Waals surface area contributed by atoms with Crippen LogP contribution in [0.5, 0.6) is 5.75 Å². The van der Waals surface area contributed by atoms with Gasteiger partial charge in [0.15, 0.2) is 5.11 Å². The fourth-order valence-electron chi connectivity index (χ4n) is 4.40. The maximum Gasteiger partial charge on any atom is 0.244 e. The molecule has 2 aromatic heterocycles. The van der Waals surface area contributed by atoms with Gasteiger partial charge in [-0.25, -0.2) is 0 Å². The number of nitrogens with one attached hydrogen (secondary N) is 2. The van der Waals surface area contributed by atoms with E-state index in [1.165, 1.54) is 0 Å². The molecule has 1 aliphatic heterocycles. The number of methoxy groups -OCH3 is 1. The van der Waals surface area contributed by atoms with E-state index in [2.05, 4.69) is 26.3 Å². The lowest BCUT2D eigenvalue weighted by atomic mass is 10.0. The summed E-state index contributed by atoms with van der Waals surface area (Å²) < 4.78 is 7.53. The van der Waals surface area contributed by atoms with E-state index in [4.69, 9.17) is 17.0 Å². The van der Waals surface area contributed by atoms with Crippen molar-refractivity contribution in [3.05, 3.63) is 109 Å². The number of nitrogens with zero attached hydrogens (tertiary/aromatic N) is 3. The van der Waals surface area contributed by atoms with Gasteiger partial charge in [0.1, 0.15) is 12.3 Å². The van der Waals surface area contributed by atoms with Gasteiger partial charge < -0.3 is 24.8 Å². The first-order chi connectivity index (χ1) is 17.1. The van der Waals surface area contributed by atoms with Crippen molar-refractivity contribution in [2.45, 2.75) is 12.1 Å². The van der Waals surface area contributed by atoms with Gasteiger partial charge in [0.05, 0.1) is 24.9 Å². The first kappa shape index (κ1) is 22.6. The van der Waals surface area contributed by atoms with Gasteiger partial charge in [0, 0.05) is 35.5 Å². The summed E-state index contributed by atoms with van der Waals surface area (Å²) in [5.74, 6) is 0.620. The number of aromatic nitrogens is 2. The Bertz CT molecular complexity index is 1330. The van der Waals surface area contributed by atoms with E-state index >= 15 is 0 Å². The second kappa shape index (κ2) is 9.99. The van der Waals surface area contributed by atoms with Crippen molar-refractivity contribution in [1.82, 2.24) is 19.8 Å². The number of amides is 1. The molecule has 0 radical (unpaired) electrons. The van der Waals surface area contributed by atoms with Gasteiger partial charge in [-0.3, -0.25) is 9.78 Å². The van der Waals surface area contributed by atoms with Gasteiger partial charge in [0.25, 0.3) is 0 Å². The number of rotatable bonds is 7. The van der Waals surface area contributed by atoms with Crippen LogP contribution >= 0.6 is 12.2 Å². The second-order valence-corrected chi connectivity index (χ2v) is 8.56. The molecule has 2 N–H and O–H groups in total. The predicted octanol–water partition coefficient (Wildman–Crippen LogP) is 4.49. The van der Waals surface area contributed by atoms with Crippen LogP contribution in [0.2, 0.25) is 0 Å². The molecule has 3 heterocycles. The Morgan fingerprint density at radius 1 is 1.06 bits per heavy atom. The summed E-state index contributed by atoms with van der Waals surface area (Å²) in [7, 11) is 1.65. The molecule has 0 aliphatic carbocycles. The minimum atomic E-state index is -0.264. The number of ether oxygens (including phenoxy) is 1. The van der Waals surface area contributed by atoms with Gasteiger partial charge in [-0.1, -0.05) is 30.3 Å². The number of hydrogen-bond donors (Lipinski definition) is 2. The largest absolute Gasteiger partial charge is 0.497 e. The van der Waals surface area contributed by atoms with E-state index in [9.17, 15) is 4.79 Å². The third kappa shape index (κ3) is 4.74. The Morgan fingerprint density at radius 2 is 1.89 bits per heavy atom. The fourth-order valence-corrected chi connectivity index (χ4v) is 4.71. The molecule has 1 amide bonds. The molecule has 35 heavy (non-hydrogen) atoms. The van der Waals surface area contributed by atoms with Gasteiger partial charge in [-0.2, -0.15) is 0 Å². The van der Waals surface area contributed by atoms with E-state index in [-0.39, 0.29) is 24.5 Å². The minimum Gasteiger partial charge on any atom is -0.497 e. The van der Waals surface area contributed by atoms with Crippen molar-refractivity contribution in [3.8, 4) is 11.4 Å². The lowest BCUT2D eigenvalue weighted by Crippen LogP contribution is -2.37. The summed E-state index contributed by atoms with van der Waals surface area (Å²) in [6.07, 6.45) is 3.77. The average molecular weight is 484 g/mol. The number of carbonyl (C=O) groups excluding carboxylic acids is 1. The van der Waals surface area contributed by atoms with Gasteiger partial charge in [0.2, 0.25) is 5.91 Å². The van der Waals surface area contributed by atoms with Crippen LogP contribution in [-0.4, -0.2) is 39.1 Å². The molecule has 0 unspecified atom stereocenters. The van der Waals surface area contributed by atoms with Gasteiger partial charge in [-0.05, 0) is 60.7 Å². The number of carbonyl (C=O) groups is 1. The van der Waals surface area contributed by atoms with Crippen LogP contribution in [-0.2, 0) is 4.79 Å². The van der Waals surface area contributed by atoms with Crippen molar-refractivity contribution in [1.29, 1.82) is 0 Å². The summed E-state index contributed by atoms with van der Waals surface area (Å²) in [6, 6.07) is 26.6. The number of benzene rings is 2. The third-order valence-electron chi connectivity index (χ3n) is 5.98. The SMILES string of the molecule is COc1cccc(-n2cccc2[C@H]2[C@H](c3ccccn3)NC(=S)N2CC(=O)Nc2ccccc2)c1. The summed E-state index contributed by atoms with van der Waals surface area (Å²) in [6.45, 7) is 0.0953. The van der Waals surface area contributed by atoms with E-state index < -0.39 is 0 Å². The first-order valence-electron chi connectivity index (χ1n) is 11.3. The van der Waals surface area contributed by atoms with Crippen LogP contribution < -0.4 is 15.4 Å². The molecule has 1 saturated heterocycles. The van der Waals surface area contributed by atoms with Gasteiger partial charge in [-0.15, -0.1) is 0 Å². The number of anilines is 1. The van der Waals surface area contributed by atoms with Crippen LogP contribution in [0.25, 0.3) is 5.69 Å². The highest BCUT2D eigenvalue weighted by Gasteiger charge is 2.42. The number of hydrogen-bond acceptors (Lipinski definition) is 4. The molecule has 0 saturated carbocycles. The predicted molar refractivity (Wildman–Crippen MR) is 140 cm³/mol. The van der Waals surface area contributed by atoms with Crippen molar-refractivity contribution in [2.24, 2.45) is 0 Å². The molecule has 0 bridgehead atoms. The first-order valence-corrected chi connectivity index (χ1v) is 11.7. The Morgan fingerprint density at radius 3 is 2.66 bits per heavy atom. The van der Waals surface area contributed by atoms with Crippen LogP contribution in [0, 0.1) is 0 Å². The van der Waals surface area contributed by atoms with E-state index in [0.29, 0.717) is 5.11 Å². The molecule has 1 fully saturated rings. The molecule has 1 aliphatic rings. The normalized spacial score (nSPS) is 17.2. The number of para-hydroxylation sites is 1. The Balaban J connectivity index is 1.52. The second-order valence-electron chi connectivity index (χ2n) is 8.17. The lowest BCUT2D eigenvalue weighted by Gasteiger charge is -2.28. The summed E-state index contributed by atoms with van der Waals surface area (Å²) in [5, 5.41) is 6.88. The Labute approximate surface area is 209 Å². The molecule has 7 nitrogen and oxygen atoms in total. The summed E-state index contributed by atoms with van der Waals surface area (Å²) >= 11 is 5.73. The molecule has 2 atom stereocenters. The minimum absolute atomic E-state index is 0.0953. The maximum atomic E-state index is 13.0. The Hall–Kier alpha value is -4.17. The molecule has 2 aromatic carbocycles. The third-order valence-corrected chi connectivity index (χ3v) is 6.34. The summed E-state index contributed by atoms with van der Waals surface area (Å²) in [5.41, 5.74) is 3.53. The highest BCUT2D eigenvalue weighted by atomic mass is 32.1. The standard InChI is InChI=1S/C27H25N5O2S/c1-34-21-12-7-11-20(17-21)31-16-8-14-23(31)26-25(22-13-5-6-15-28-22)30-27(35)32(26)18-24(33)29-19-9-3-2-4-10-19/h2-17,25-26H,18H2,1H3,(H,29,33)(H,30,35)/t25-,26-/m0/s1.